The van der Waals surface area contributed by atoms with E-state index in [1.165, 1.54) is 10.9 Å². The lowest BCUT2D eigenvalue weighted by molar-refractivity contribution is 0.682. The van der Waals surface area contributed by atoms with Crippen molar-refractivity contribution in [1.82, 2.24) is 0 Å². The zero-order chi connectivity index (χ0) is 13.8. The maximum absolute atomic E-state index is 12.4. The van der Waals surface area contributed by atoms with Crippen LogP contribution in [0.2, 0.25) is 0 Å². The highest BCUT2D eigenvalue weighted by Gasteiger charge is 2.05. The molecule has 1 unspecified atom stereocenters. The van der Waals surface area contributed by atoms with Gasteiger partial charge in [-0.3, -0.25) is 4.21 Å². The summed E-state index contributed by atoms with van der Waals surface area (Å²) in [6.07, 6.45) is 0.847. The molecule has 0 aliphatic heterocycles. The minimum absolute atomic E-state index is 0.669. The quantitative estimate of drug-likeness (QED) is 0.700. The Balaban J connectivity index is 1.75. The first-order valence-corrected chi connectivity index (χ1v) is 8.06. The highest BCUT2D eigenvalue weighted by Crippen LogP contribution is 2.18. The van der Waals surface area contributed by atoms with Gasteiger partial charge in [0.2, 0.25) is 0 Å². The van der Waals surface area contributed by atoms with Gasteiger partial charge in [-0.15, -0.1) is 0 Å². The van der Waals surface area contributed by atoms with E-state index in [1.54, 1.807) is 0 Å². The van der Waals surface area contributed by atoms with Crippen LogP contribution in [0.3, 0.4) is 0 Å². The first kappa shape index (κ1) is 13.1. The molecule has 0 radical (unpaired) electrons. The average Bonchev–Trinajstić information content (AvgIpc) is 2.53. The van der Waals surface area contributed by atoms with Crippen LogP contribution in [0, 0.1) is 0 Å². The van der Waals surface area contributed by atoms with E-state index in [4.69, 9.17) is 0 Å². The Morgan fingerprint density at radius 1 is 0.750 bits per heavy atom. The zero-order valence-corrected chi connectivity index (χ0v) is 12.0. The summed E-state index contributed by atoms with van der Waals surface area (Å²) in [5.41, 5.74) is 1.24. The van der Waals surface area contributed by atoms with E-state index in [0.717, 1.165) is 16.7 Å². The lowest BCUT2D eigenvalue weighted by Gasteiger charge is -2.05. The fourth-order valence-corrected chi connectivity index (χ4v) is 3.42. The molecule has 20 heavy (non-hydrogen) atoms. The van der Waals surface area contributed by atoms with Crippen LogP contribution in [0.5, 0.6) is 0 Å². The Hall–Kier alpha value is -1.93. The summed E-state index contributed by atoms with van der Waals surface area (Å²) in [7, 11) is -0.940. The molecular formula is C18H16OS. The van der Waals surface area contributed by atoms with Gasteiger partial charge in [0.25, 0.3) is 0 Å². The number of benzene rings is 3. The molecule has 0 aliphatic carbocycles. The van der Waals surface area contributed by atoms with Gasteiger partial charge in [-0.05, 0) is 34.9 Å². The van der Waals surface area contributed by atoms with E-state index >= 15 is 0 Å². The van der Waals surface area contributed by atoms with Crippen LogP contribution >= 0.6 is 0 Å². The summed E-state index contributed by atoms with van der Waals surface area (Å²) in [4.78, 5) is 0.916. The van der Waals surface area contributed by atoms with Crippen LogP contribution in [-0.2, 0) is 17.2 Å². The molecule has 3 rings (SSSR count). The van der Waals surface area contributed by atoms with Gasteiger partial charge in [-0.2, -0.15) is 0 Å². The normalized spacial score (nSPS) is 12.4. The highest BCUT2D eigenvalue weighted by atomic mass is 32.2. The van der Waals surface area contributed by atoms with Crippen molar-refractivity contribution in [2.75, 3.05) is 5.75 Å². The molecule has 0 fully saturated rings. The third-order valence-corrected chi connectivity index (χ3v) is 4.76. The summed E-state index contributed by atoms with van der Waals surface area (Å²) < 4.78 is 12.4. The minimum Gasteiger partial charge on any atom is -0.254 e. The number of hydrogen-bond acceptors (Lipinski definition) is 1. The molecule has 100 valence electrons. The smallest absolute Gasteiger partial charge is 0.0533 e. The van der Waals surface area contributed by atoms with Gasteiger partial charge in [0, 0.05) is 10.6 Å². The molecule has 0 N–H and O–H groups in total. The first-order valence-electron chi connectivity index (χ1n) is 6.74. The number of rotatable bonds is 4. The Morgan fingerprint density at radius 3 is 2.25 bits per heavy atom. The lowest BCUT2D eigenvalue weighted by atomic mass is 10.1. The highest BCUT2D eigenvalue weighted by molar-refractivity contribution is 7.85. The van der Waals surface area contributed by atoms with Crippen molar-refractivity contribution >= 4 is 21.6 Å². The van der Waals surface area contributed by atoms with E-state index < -0.39 is 10.8 Å². The molecule has 3 aromatic rings. The predicted molar refractivity (Wildman–Crippen MR) is 85.4 cm³/mol. The molecular weight excluding hydrogens is 264 g/mol. The summed E-state index contributed by atoms with van der Waals surface area (Å²) in [5.74, 6) is 0.669. The van der Waals surface area contributed by atoms with Gasteiger partial charge in [-0.1, -0.05) is 60.7 Å². The van der Waals surface area contributed by atoms with Crippen molar-refractivity contribution < 1.29 is 4.21 Å². The van der Waals surface area contributed by atoms with Crippen molar-refractivity contribution in [2.45, 2.75) is 11.3 Å². The number of fused-ring (bicyclic) bond motifs is 1. The molecule has 0 aromatic heterocycles. The van der Waals surface area contributed by atoms with Crippen LogP contribution in [0.1, 0.15) is 5.56 Å². The lowest BCUT2D eigenvalue weighted by Crippen LogP contribution is -2.01. The Labute approximate surface area is 121 Å². The van der Waals surface area contributed by atoms with Crippen molar-refractivity contribution in [3.8, 4) is 0 Å². The minimum atomic E-state index is -0.940. The zero-order valence-electron chi connectivity index (χ0n) is 11.2. The predicted octanol–water partition coefficient (Wildman–Crippen LogP) is 4.19. The van der Waals surface area contributed by atoms with Crippen LogP contribution in [0.4, 0.5) is 0 Å². The molecule has 0 spiro atoms. The summed E-state index contributed by atoms with van der Waals surface area (Å²) >= 11 is 0. The standard InChI is InChI=1S/C18H16OS/c19-20(13-12-15-6-2-1-3-7-15)18-11-10-16-8-4-5-9-17(16)14-18/h1-11,14H,12-13H2. The van der Waals surface area contributed by atoms with Crippen molar-refractivity contribution in [2.24, 2.45) is 0 Å². The molecule has 0 heterocycles. The monoisotopic (exact) mass is 280 g/mol. The van der Waals surface area contributed by atoms with E-state index in [1.807, 2.05) is 48.5 Å². The number of aryl methyl sites for hydroxylation is 1. The third kappa shape index (κ3) is 2.97. The molecule has 0 amide bonds. The second-order valence-electron chi connectivity index (χ2n) is 4.79. The molecule has 1 nitrogen and oxygen atoms in total. The fraction of sp³-hybridized carbons (Fsp3) is 0.111. The molecule has 0 saturated heterocycles. The van der Waals surface area contributed by atoms with E-state index in [2.05, 4.69) is 24.3 Å². The van der Waals surface area contributed by atoms with Gasteiger partial charge in [-0.25, -0.2) is 0 Å². The van der Waals surface area contributed by atoms with E-state index in [0.29, 0.717) is 5.75 Å². The largest absolute Gasteiger partial charge is 0.254 e. The molecule has 0 saturated carbocycles. The average molecular weight is 280 g/mol. The Bertz CT molecular complexity index is 735. The summed E-state index contributed by atoms with van der Waals surface area (Å²) in [5, 5.41) is 2.34. The molecule has 0 aliphatic rings. The second kappa shape index (κ2) is 6.02. The van der Waals surface area contributed by atoms with Crippen LogP contribution in [0.25, 0.3) is 10.8 Å². The van der Waals surface area contributed by atoms with Gasteiger partial charge in [0.1, 0.15) is 0 Å². The van der Waals surface area contributed by atoms with E-state index in [-0.39, 0.29) is 0 Å². The SMILES string of the molecule is O=S(CCc1ccccc1)c1ccc2ccccc2c1. The van der Waals surface area contributed by atoms with Crippen LogP contribution < -0.4 is 0 Å². The Morgan fingerprint density at radius 2 is 1.45 bits per heavy atom. The number of hydrogen-bond donors (Lipinski definition) is 0. The molecule has 3 aromatic carbocycles. The molecule has 1 atom stereocenters. The summed E-state index contributed by atoms with van der Waals surface area (Å²) in [6.45, 7) is 0. The van der Waals surface area contributed by atoms with Gasteiger partial charge < -0.3 is 0 Å². The van der Waals surface area contributed by atoms with Crippen molar-refractivity contribution in [3.05, 3.63) is 78.4 Å². The van der Waals surface area contributed by atoms with Crippen LogP contribution in [0.15, 0.2) is 77.7 Å². The van der Waals surface area contributed by atoms with Gasteiger partial charge in [0.15, 0.2) is 0 Å². The van der Waals surface area contributed by atoms with E-state index in [9.17, 15) is 4.21 Å². The third-order valence-electron chi connectivity index (χ3n) is 3.40. The summed E-state index contributed by atoms with van der Waals surface area (Å²) in [6, 6.07) is 24.4. The van der Waals surface area contributed by atoms with Crippen LogP contribution in [-0.4, -0.2) is 9.96 Å². The van der Waals surface area contributed by atoms with Crippen molar-refractivity contribution in [3.63, 3.8) is 0 Å². The molecule has 2 heteroatoms. The van der Waals surface area contributed by atoms with Gasteiger partial charge in [0.05, 0.1) is 10.8 Å². The van der Waals surface area contributed by atoms with Gasteiger partial charge >= 0.3 is 0 Å². The topological polar surface area (TPSA) is 17.1 Å². The van der Waals surface area contributed by atoms with Crippen molar-refractivity contribution in [1.29, 1.82) is 0 Å². The maximum Gasteiger partial charge on any atom is 0.0533 e. The first-order chi connectivity index (χ1) is 9.83. The maximum atomic E-state index is 12.4. The second-order valence-corrected chi connectivity index (χ2v) is 6.36. The molecule has 0 bridgehead atoms. The Kier molecular flexibility index (Phi) is 3.93. The fourth-order valence-electron chi connectivity index (χ4n) is 2.28.